The summed E-state index contributed by atoms with van der Waals surface area (Å²) >= 11 is 0. The third kappa shape index (κ3) is 5.61. The van der Waals surface area contributed by atoms with Crippen LogP contribution in [0.4, 0.5) is 19.0 Å². The fraction of sp³-hybridized carbons (Fsp3) is 0.520. The van der Waals surface area contributed by atoms with Gasteiger partial charge in [0.25, 0.3) is 0 Å². The van der Waals surface area contributed by atoms with E-state index in [2.05, 4.69) is 24.8 Å². The maximum Gasteiger partial charge on any atom is 0.433 e. The van der Waals surface area contributed by atoms with E-state index in [1.165, 1.54) is 6.07 Å². The second kappa shape index (κ2) is 10.0. The molecule has 5 rings (SSSR count). The van der Waals surface area contributed by atoms with Crippen LogP contribution >= 0.6 is 0 Å². The molecule has 0 radical (unpaired) electrons. The molecule has 2 N–H and O–H groups in total. The molecule has 1 saturated carbocycles. The van der Waals surface area contributed by atoms with Crippen molar-refractivity contribution in [1.29, 1.82) is 0 Å². The first-order valence-corrected chi connectivity index (χ1v) is 12.3. The number of carboxylic acids is 1. The van der Waals surface area contributed by atoms with Gasteiger partial charge < -0.3 is 19.7 Å². The molecular weight excluding hydrogens is 475 g/mol. The number of aliphatic carboxylic acids is 1. The number of halogens is 3. The van der Waals surface area contributed by atoms with Crippen LogP contribution in [-0.4, -0.2) is 56.3 Å². The van der Waals surface area contributed by atoms with Crippen LogP contribution in [0.3, 0.4) is 0 Å². The summed E-state index contributed by atoms with van der Waals surface area (Å²) in [4.78, 5) is 28.5. The monoisotopic (exact) mass is 503 g/mol. The second-order valence-electron chi connectivity index (χ2n) is 9.62. The molecule has 4 heterocycles. The number of nitrogens with one attached hydrogen (secondary N) is 1. The summed E-state index contributed by atoms with van der Waals surface area (Å²) in [5.74, 6) is 0.801. The Bertz CT molecular complexity index is 1200. The van der Waals surface area contributed by atoms with E-state index >= 15 is 0 Å². The molecule has 0 spiro atoms. The highest BCUT2D eigenvalue weighted by Gasteiger charge is 2.33. The molecule has 1 aliphatic heterocycles. The molecule has 1 aliphatic carbocycles. The van der Waals surface area contributed by atoms with Gasteiger partial charge >= 0.3 is 12.1 Å². The van der Waals surface area contributed by atoms with Crippen LogP contribution in [0.5, 0.6) is 0 Å². The number of fused-ring (bicyclic) bond motifs is 1. The lowest BCUT2D eigenvalue weighted by Crippen LogP contribution is -2.39. The van der Waals surface area contributed by atoms with Gasteiger partial charge in [0.1, 0.15) is 17.3 Å². The van der Waals surface area contributed by atoms with E-state index in [0.29, 0.717) is 16.9 Å². The molecule has 1 saturated heterocycles. The third-order valence-electron chi connectivity index (χ3n) is 7.07. The zero-order valence-electron chi connectivity index (χ0n) is 19.7. The number of hydrogen-bond donors (Lipinski definition) is 2. The zero-order chi connectivity index (χ0) is 25.3. The Morgan fingerprint density at radius 1 is 1.03 bits per heavy atom. The lowest BCUT2D eigenvalue weighted by molar-refractivity contribution is -0.141. The van der Waals surface area contributed by atoms with Crippen molar-refractivity contribution in [2.75, 3.05) is 18.0 Å². The normalized spacial score (nSPS) is 21.7. The number of hydrogen-bond acceptors (Lipinski definition) is 6. The Morgan fingerprint density at radius 3 is 2.39 bits per heavy atom. The van der Waals surface area contributed by atoms with Crippen molar-refractivity contribution >= 4 is 23.0 Å². The number of aromatic nitrogens is 4. The Morgan fingerprint density at radius 2 is 1.75 bits per heavy atom. The number of H-pyrrole nitrogens is 1. The van der Waals surface area contributed by atoms with E-state index in [1.54, 1.807) is 6.20 Å². The largest absolute Gasteiger partial charge is 0.481 e. The second-order valence-corrected chi connectivity index (χ2v) is 9.62. The average Bonchev–Trinajstić information content (AvgIpc) is 3.29. The number of carbonyl (C=O) groups is 1. The van der Waals surface area contributed by atoms with Crippen molar-refractivity contribution in [1.82, 2.24) is 19.9 Å². The van der Waals surface area contributed by atoms with E-state index < -0.39 is 17.8 Å². The topological polar surface area (TPSA) is 104 Å². The van der Waals surface area contributed by atoms with Crippen LogP contribution in [0.15, 0.2) is 30.5 Å². The van der Waals surface area contributed by atoms with Crippen LogP contribution in [-0.2, 0) is 15.7 Å². The highest BCUT2D eigenvalue weighted by molar-refractivity contribution is 5.76. The fourth-order valence-corrected chi connectivity index (χ4v) is 5.11. The minimum atomic E-state index is -4.52. The Hall–Kier alpha value is -3.21. The number of rotatable bonds is 6. The summed E-state index contributed by atoms with van der Waals surface area (Å²) < 4.78 is 45.1. The van der Waals surface area contributed by atoms with Gasteiger partial charge in [-0.05, 0) is 68.7 Å². The maximum atomic E-state index is 12.9. The highest BCUT2D eigenvalue weighted by atomic mass is 19.4. The Balaban J connectivity index is 1.14. The summed E-state index contributed by atoms with van der Waals surface area (Å²) in [6.45, 7) is 1.64. The molecule has 0 aromatic carbocycles. The predicted molar refractivity (Wildman–Crippen MR) is 126 cm³/mol. The van der Waals surface area contributed by atoms with E-state index in [1.807, 2.05) is 12.1 Å². The van der Waals surface area contributed by atoms with Crippen molar-refractivity contribution in [2.24, 2.45) is 5.92 Å². The van der Waals surface area contributed by atoms with Crippen molar-refractivity contribution in [3.8, 4) is 11.4 Å². The number of aromatic amines is 1. The van der Waals surface area contributed by atoms with Crippen molar-refractivity contribution < 1.29 is 27.8 Å². The maximum absolute atomic E-state index is 12.9. The van der Waals surface area contributed by atoms with Gasteiger partial charge in [-0.25, -0.2) is 15.0 Å². The molecule has 36 heavy (non-hydrogen) atoms. The lowest BCUT2D eigenvalue weighted by atomic mass is 9.85. The number of carboxylic acid groups (broad SMARTS) is 1. The van der Waals surface area contributed by atoms with Gasteiger partial charge in [0.15, 0.2) is 5.65 Å². The SMILES string of the molecule is O=C(O)C[C@H]1CC[C@@H](OC2CCN(c3ccc(-c4nc5nc(C(F)(F)F)ccc5[nH]4)cn3)CC2)CC1. The first kappa shape index (κ1) is 24.5. The predicted octanol–water partition coefficient (Wildman–Crippen LogP) is 5.06. The molecule has 3 aromatic heterocycles. The number of ether oxygens (including phenoxy) is 1. The van der Waals surface area contributed by atoms with Crippen molar-refractivity contribution in [2.45, 2.75) is 63.3 Å². The molecule has 11 heteroatoms. The molecule has 0 unspecified atom stereocenters. The third-order valence-corrected chi connectivity index (χ3v) is 7.07. The molecular formula is C25H28F3N5O3. The van der Waals surface area contributed by atoms with Gasteiger partial charge in [0, 0.05) is 31.3 Å². The van der Waals surface area contributed by atoms with E-state index in [9.17, 15) is 18.0 Å². The summed E-state index contributed by atoms with van der Waals surface area (Å²) in [7, 11) is 0. The number of anilines is 1. The molecule has 0 atom stereocenters. The molecule has 8 nitrogen and oxygen atoms in total. The van der Waals surface area contributed by atoms with Crippen molar-refractivity contribution in [3.63, 3.8) is 0 Å². The highest BCUT2D eigenvalue weighted by Crippen LogP contribution is 2.32. The van der Waals surface area contributed by atoms with Gasteiger partial charge in [-0.15, -0.1) is 0 Å². The molecule has 192 valence electrons. The van der Waals surface area contributed by atoms with Gasteiger partial charge in [0.05, 0.1) is 17.7 Å². The smallest absolute Gasteiger partial charge is 0.433 e. The van der Waals surface area contributed by atoms with Crippen LogP contribution in [0.25, 0.3) is 22.6 Å². The van der Waals surface area contributed by atoms with Gasteiger partial charge in [0.2, 0.25) is 0 Å². The number of alkyl halides is 3. The number of piperidine rings is 1. The minimum absolute atomic E-state index is 0.0151. The summed E-state index contributed by atoms with van der Waals surface area (Å²) in [6, 6.07) is 6.01. The molecule has 2 fully saturated rings. The molecule has 0 amide bonds. The van der Waals surface area contributed by atoms with Crippen LogP contribution in [0, 0.1) is 5.92 Å². The van der Waals surface area contributed by atoms with Crippen LogP contribution in [0.1, 0.15) is 50.6 Å². The van der Waals surface area contributed by atoms with Crippen LogP contribution in [0.2, 0.25) is 0 Å². The fourth-order valence-electron chi connectivity index (χ4n) is 5.11. The lowest BCUT2D eigenvalue weighted by Gasteiger charge is -2.36. The first-order chi connectivity index (χ1) is 17.2. The number of pyridine rings is 2. The first-order valence-electron chi connectivity index (χ1n) is 12.3. The average molecular weight is 504 g/mol. The zero-order valence-corrected chi connectivity index (χ0v) is 19.7. The summed E-state index contributed by atoms with van der Waals surface area (Å²) in [5.41, 5.74) is 0.141. The van der Waals surface area contributed by atoms with Gasteiger partial charge in [-0.1, -0.05) is 0 Å². The summed E-state index contributed by atoms with van der Waals surface area (Å²) in [6.07, 6.45) is 3.29. The molecule has 2 aliphatic rings. The quantitative estimate of drug-likeness (QED) is 0.485. The van der Waals surface area contributed by atoms with Crippen molar-refractivity contribution in [3.05, 3.63) is 36.2 Å². The van der Waals surface area contributed by atoms with E-state index in [-0.39, 0.29) is 30.2 Å². The summed E-state index contributed by atoms with van der Waals surface area (Å²) in [5, 5.41) is 8.97. The van der Waals surface area contributed by atoms with Crippen LogP contribution < -0.4 is 4.90 Å². The van der Waals surface area contributed by atoms with Gasteiger partial charge in [-0.2, -0.15) is 13.2 Å². The molecule has 3 aromatic rings. The van der Waals surface area contributed by atoms with E-state index in [0.717, 1.165) is 63.5 Å². The van der Waals surface area contributed by atoms with E-state index in [4.69, 9.17) is 9.84 Å². The number of imidazole rings is 1. The Kier molecular flexibility index (Phi) is 6.83. The Labute approximate surface area is 205 Å². The number of nitrogens with zero attached hydrogens (tertiary/aromatic N) is 4. The standard InChI is InChI=1S/C25H28F3N5O3/c26-25(27,28)20-7-6-19-24(31-20)32-23(30-19)16-3-8-21(29-14-16)33-11-9-18(10-12-33)36-17-4-1-15(2-5-17)13-22(34)35/h3,6-8,14-15,17-18H,1-2,4-5,9-13H2,(H,34,35)(H,30,31,32)/t15-,17+. The minimum Gasteiger partial charge on any atom is -0.481 e. The van der Waals surface area contributed by atoms with Gasteiger partial charge in [-0.3, -0.25) is 4.79 Å². The molecule has 0 bridgehead atoms.